The second-order valence-corrected chi connectivity index (χ2v) is 5.04. The molecule has 0 aliphatic rings. The molecule has 0 aromatic heterocycles. The number of aryl methyl sites for hydroxylation is 1. The highest BCUT2D eigenvalue weighted by Crippen LogP contribution is 2.17. The van der Waals surface area contributed by atoms with Crippen molar-refractivity contribution < 1.29 is 9.90 Å². The summed E-state index contributed by atoms with van der Waals surface area (Å²) in [6, 6.07) is 14.7. The molecule has 2 N–H and O–H groups in total. The Labute approximate surface area is 125 Å². The van der Waals surface area contributed by atoms with Gasteiger partial charge in [-0.05, 0) is 43.2 Å². The standard InChI is InChI=1S/C17H20N2O2/c1-13-3-5-14(6-4-13)11-12-18-17(21)19(2)15-7-9-16(20)10-8-15/h3-10,20H,11-12H2,1-2H3,(H,18,21). The van der Waals surface area contributed by atoms with Crippen LogP contribution in [0.25, 0.3) is 0 Å². The minimum absolute atomic E-state index is 0.159. The maximum atomic E-state index is 12.0. The fraction of sp³-hybridized carbons (Fsp3) is 0.235. The molecule has 21 heavy (non-hydrogen) atoms. The summed E-state index contributed by atoms with van der Waals surface area (Å²) in [7, 11) is 1.70. The number of nitrogens with zero attached hydrogens (tertiary/aromatic N) is 1. The third kappa shape index (κ3) is 4.24. The van der Waals surface area contributed by atoms with Crippen LogP contribution in [0.4, 0.5) is 10.5 Å². The molecule has 2 amide bonds. The number of urea groups is 1. The summed E-state index contributed by atoms with van der Waals surface area (Å²) >= 11 is 0. The Bertz CT molecular complexity index is 591. The van der Waals surface area contributed by atoms with Crippen LogP contribution in [0.1, 0.15) is 11.1 Å². The lowest BCUT2D eigenvalue weighted by atomic mass is 10.1. The van der Waals surface area contributed by atoms with E-state index in [2.05, 4.69) is 36.5 Å². The molecule has 0 bridgehead atoms. The van der Waals surface area contributed by atoms with E-state index in [-0.39, 0.29) is 11.8 Å². The molecule has 110 valence electrons. The second-order valence-electron chi connectivity index (χ2n) is 5.04. The molecule has 0 saturated heterocycles. The first-order valence-electron chi connectivity index (χ1n) is 6.92. The summed E-state index contributed by atoms with van der Waals surface area (Å²) in [4.78, 5) is 13.5. The topological polar surface area (TPSA) is 52.6 Å². The molecule has 0 fully saturated rings. The molecule has 0 radical (unpaired) electrons. The number of hydrogen-bond acceptors (Lipinski definition) is 2. The van der Waals surface area contributed by atoms with Gasteiger partial charge in [0.15, 0.2) is 0 Å². The van der Waals surface area contributed by atoms with Gasteiger partial charge in [0, 0.05) is 19.3 Å². The molecule has 0 aliphatic heterocycles. The van der Waals surface area contributed by atoms with Crippen LogP contribution >= 0.6 is 0 Å². The van der Waals surface area contributed by atoms with Gasteiger partial charge in [-0.25, -0.2) is 4.79 Å². The number of amides is 2. The number of rotatable bonds is 4. The third-order valence-corrected chi connectivity index (χ3v) is 3.35. The maximum Gasteiger partial charge on any atom is 0.321 e. The number of aromatic hydroxyl groups is 1. The summed E-state index contributed by atoms with van der Waals surface area (Å²) in [5.74, 6) is 0.187. The molecule has 0 unspecified atom stereocenters. The van der Waals surface area contributed by atoms with E-state index in [0.29, 0.717) is 6.54 Å². The molecule has 4 nitrogen and oxygen atoms in total. The molecule has 0 atom stereocenters. The lowest BCUT2D eigenvalue weighted by Crippen LogP contribution is -2.38. The third-order valence-electron chi connectivity index (χ3n) is 3.35. The number of carbonyl (C=O) groups excluding carboxylic acids is 1. The lowest BCUT2D eigenvalue weighted by molar-refractivity contribution is 0.247. The Morgan fingerprint density at radius 1 is 1.10 bits per heavy atom. The van der Waals surface area contributed by atoms with Crippen LogP contribution in [-0.2, 0) is 6.42 Å². The zero-order valence-corrected chi connectivity index (χ0v) is 12.3. The van der Waals surface area contributed by atoms with Gasteiger partial charge in [-0.15, -0.1) is 0 Å². The van der Waals surface area contributed by atoms with Gasteiger partial charge >= 0.3 is 6.03 Å². The van der Waals surface area contributed by atoms with Crippen LogP contribution in [0.3, 0.4) is 0 Å². The minimum Gasteiger partial charge on any atom is -0.508 e. The second kappa shape index (κ2) is 6.79. The van der Waals surface area contributed by atoms with Crippen molar-refractivity contribution in [3.63, 3.8) is 0 Å². The van der Waals surface area contributed by atoms with Crippen molar-refractivity contribution in [1.29, 1.82) is 0 Å². The van der Waals surface area contributed by atoms with E-state index in [0.717, 1.165) is 12.1 Å². The molecule has 0 aliphatic carbocycles. The molecular weight excluding hydrogens is 264 g/mol. The average molecular weight is 284 g/mol. The monoisotopic (exact) mass is 284 g/mol. The lowest BCUT2D eigenvalue weighted by Gasteiger charge is -2.18. The Hall–Kier alpha value is -2.49. The summed E-state index contributed by atoms with van der Waals surface area (Å²) < 4.78 is 0. The van der Waals surface area contributed by atoms with Crippen molar-refractivity contribution in [2.45, 2.75) is 13.3 Å². The van der Waals surface area contributed by atoms with Crippen molar-refractivity contribution in [2.75, 3.05) is 18.5 Å². The molecule has 0 saturated carbocycles. The molecule has 2 rings (SSSR count). The number of anilines is 1. The Kier molecular flexibility index (Phi) is 4.82. The number of phenols is 1. The molecular formula is C17H20N2O2. The molecule has 0 heterocycles. The molecule has 2 aromatic carbocycles. The predicted octanol–water partition coefficient (Wildman–Crippen LogP) is 3.09. The number of hydrogen-bond donors (Lipinski definition) is 2. The Morgan fingerprint density at radius 2 is 1.71 bits per heavy atom. The Morgan fingerprint density at radius 3 is 2.33 bits per heavy atom. The van der Waals surface area contributed by atoms with Gasteiger partial charge in [-0.1, -0.05) is 29.8 Å². The number of nitrogens with one attached hydrogen (secondary N) is 1. The van der Waals surface area contributed by atoms with Gasteiger partial charge in [-0.3, -0.25) is 4.90 Å². The normalized spacial score (nSPS) is 10.2. The van der Waals surface area contributed by atoms with E-state index in [9.17, 15) is 9.90 Å². The molecule has 0 spiro atoms. The van der Waals surface area contributed by atoms with Crippen molar-refractivity contribution >= 4 is 11.7 Å². The fourth-order valence-electron chi connectivity index (χ4n) is 1.98. The largest absolute Gasteiger partial charge is 0.508 e. The van der Waals surface area contributed by atoms with Crippen LogP contribution in [-0.4, -0.2) is 24.7 Å². The van der Waals surface area contributed by atoms with Gasteiger partial charge in [0.25, 0.3) is 0 Å². The zero-order chi connectivity index (χ0) is 15.2. The first kappa shape index (κ1) is 14.9. The van der Waals surface area contributed by atoms with Crippen molar-refractivity contribution in [2.24, 2.45) is 0 Å². The van der Waals surface area contributed by atoms with Crippen LogP contribution in [0.2, 0.25) is 0 Å². The van der Waals surface area contributed by atoms with Crippen LogP contribution in [0.5, 0.6) is 5.75 Å². The molecule has 4 heteroatoms. The first-order chi connectivity index (χ1) is 10.1. The van der Waals surface area contributed by atoms with E-state index >= 15 is 0 Å². The van der Waals surface area contributed by atoms with E-state index in [1.165, 1.54) is 16.0 Å². The van der Waals surface area contributed by atoms with E-state index in [1.807, 2.05) is 0 Å². The van der Waals surface area contributed by atoms with E-state index < -0.39 is 0 Å². The molecule has 2 aromatic rings. The van der Waals surface area contributed by atoms with Crippen LogP contribution in [0, 0.1) is 6.92 Å². The van der Waals surface area contributed by atoms with Crippen molar-refractivity contribution in [1.82, 2.24) is 5.32 Å². The van der Waals surface area contributed by atoms with Crippen LogP contribution in [0.15, 0.2) is 48.5 Å². The van der Waals surface area contributed by atoms with Gasteiger partial charge in [0.1, 0.15) is 5.75 Å². The summed E-state index contributed by atoms with van der Waals surface area (Å²) in [6.45, 7) is 2.64. The SMILES string of the molecule is Cc1ccc(CCNC(=O)N(C)c2ccc(O)cc2)cc1. The van der Waals surface area contributed by atoms with Gasteiger partial charge in [0.05, 0.1) is 0 Å². The minimum atomic E-state index is -0.159. The predicted molar refractivity (Wildman–Crippen MR) is 84.8 cm³/mol. The Balaban J connectivity index is 1.83. The van der Waals surface area contributed by atoms with Crippen LogP contribution < -0.4 is 10.2 Å². The summed E-state index contributed by atoms with van der Waals surface area (Å²) in [5.41, 5.74) is 3.17. The number of benzene rings is 2. The van der Waals surface area contributed by atoms with Gasteiger partial charge < -0.3 is 10.4 Å². The number of phenolic OH excluding ortho intramolecular Hbond substituents is 1. The average Bonchev–Trinajstić information content (AvgIpc) is 2.49. The number of carbonyl (C=O) groups is 1. The highest BCUT2D eigenvalue weighted by molar-refractivity contribution is 5.91. The fourth-order valence-corrected chi connectivity index (χ4v) is 1.98. The smallest absolute Gasteiger partial charge is 0.321 e. The van der Waals surface area contributed by atoms with Gasteiger partial charge in [-0.2, -0.15) is 0 Å². The first-order valence-corrected chi connectivity index (χ1v) is 6.92. The highest BCUT2D eigenvalue weighted by atomic mass is 16.3. The van der Waals surface area contributed by atoms with E-state index in [1.54, 1.807) is 31.3 Å². The van der Waals surface area contributed by atoms with E-state index in [4.69, 9.17) is 0 Å². The highest BCUT2D eigenvalue weighted by Gasteiger charge is 2.09. The van der Waals surface area contributed by atoms with Crippen molar-refractivity contribution in [3.8, 4) is 5.75 Å². The summed E-state index contributed by atoms with van der Waals surface area (Å²) in [5, 5.41) is 12.1. The zero-order valence-electron chi connectivity index (χ0n) is 12.3. The van der Waals surface area contributed by atoms with Crippen molar-refractivity contribution in [3.05, 3.63) is 59.7 Å². The summed E-state index contributed by atoms with van der Waals surface area (Å²) in [6.07, 6.45) is 0.801. The quantitative estimate of drug-likeness (QED) is 0.906. The van der Waals surface area contributed by atoms with Gasteiger partial charge in [0.2, 0.25) is 0 Å². The maximum absolute atomic E-state index is 12.0.